The first kappa shape index (κ1) is 24.2. The number of rotatable bonds is 7. The van der Waals surface area contributed by atoms with E-state index in [0.29, 0.717) is 38.7 Å². The molecule has 0 aliphatic carbocycles. The van der Waals surface area contributed by atoms with Crippen molar-refractivity contribution in [2.45, 2.75) is 25.6 Å². The number of aromatic nitrogens is 2. The molecule has 4 heterocycles. The highest BCUT2D eigenvalue weighted by molar-refractivity contribution is 5.95. The zero-order valence-corrected chi connectivity index (χ0v) is 21.5. The zero-order valence-electron chi connectivity index (χ0n) is 21.5. The maximum Gasteiger partial charge on any atom is 0.318 e. The number of hydrogen-bond acceptors (Lipinski definition) is 8. The predicted molar refractivity (Wildman–Crippen MR) is 144 cm³/mol. The van der Waals surface area contributed by atoms with Gasteiger partial charge in [0.1, 0.15) is 24.3 Å². The van der Waals surface area contributed by atoms with Crippen LogP contribution in [0.5, 0.6) is 11.8 Å². The van der Waals surface area contributed by atoms with Gasteiger partial charge in [-0.25, -0.2) is 4.39 Å². The van der Waals surface area contributed by atoms with Gasteiger partial charge in [0, 0.05) is 75.1 Å². The minimum Gasteiger partial charge on any atom is -0.497 e. The summed E-state index contributed by atoms with van der Waals surface area (Å²) in [6.07, 6.45) is 0.751. The van der Waals surface area contributed by atoms with Crippen LogP contribution in [0.25, 0.3) is 10.8 Å². The molecule has 2 fully saturated rings. The summed E-state index contributed by atoms with van der Waals surface area (Å²) in [6, 6.07) is 13.1. The summed E-state index contributed by atoms with van der Waals surface area (Å²) in [4.78, 5) is 16.7. The Morgan fingerprint density at radius 3 is 2.73 bits per heavy atom. The van der Waals surface area contributed by atoms with Crippen LogP contribution < -0.4 is 24.6 Å². The summed E-state index contributed by atoms with van der Waals surface area (Å²) < 4.78 is 25.3. The van der Waals surface area contributed by atoms with Gasteiger partial charge < -0.3 is 24.6 Å². The van der Waals surface area contributed by atoms with Crippen molar-refractivity contribution in [2.75, 3.05) is 75.9 Å². The van der Waals surface area contributed by atoms with E-state index in [4.69, 9.17) is 19.4 Å². The van der Waals surface area contributed by atoms with E-state index >= 15 is 0 Å². The molecule has 1 aromatic heterocycles. The molecule has 2 aromatic carbocycles. The van der Waals surface area contributed by atoms with E-state index in [1.54, 1.807) is 7.11 Å². The van der Waals surface area contributed by atoms with E-state index < -0.39 is 6.17 Å². The number of piperazine rings is 1. The van der Waals surface area contributed by atoms with E-state index in [9.17, 15) is 4.39 Å². The van der Waals surface area contributed by atoms with Crippen molar-refractivity contribution in [1.29, 1.82) is 0 Å². The molecule has 3 aliphatic heterocycles. The molecule has 0 saturated carbocycles. The third kappa shape index (κ3) is 5.15. The van der Waals surface area contributed by atoms with E-state index in [1.807, 2.05) is 0 Å². The minimum absolute atomic E-state index is 0.417. The number of hydrogen-bond donors (Lipinski definition) is 1. The van der Waals surface area contributed by atoms with Crippen LogP contribution in [0.15, 0.2) is 36.4 Å². The van der Waals surface area contributed by atoms with Gasteiger partial charge >= 0.3 is 6.01 Å². The van der Waals surface area contributed by atoms with Crippen LogP contribution in [0, 0.1) is 0 Å². The number of benzene rings is 2. The number of anilines is 2. The fourth-order valence-corrected chi connectivity index (χ4v) is 5.69. The van der Waals surface area contributed by atoms with Crippen LogP contribution in [-0.4, -0.2) is 87.1 Å². The molecule has 0 unspecified atom stereocenters. The zero-order chi connectivity index (χ0) is 25.2. The molecule has 0 amide bonds. The number of halogens is 1. The summed E-state index contributed by atoms with van der Waals surface area (Å²) >= 11 is 0. The lowest BCUT2D eigenvalue weighted by Gasteiger charge is -2.35. The van der Waals surface area contributed by atoms with Crippen LogP contribution in [0.4, 0.5) is 15.9 Å². The number of fused-ring (bicyclic) bond motifs is 2. The van der Waals surface area contributed by atoms with Crippen LogP contribution in [0.2, 0.25) is 0 Å². The maximum atomic E-state index is 13.6. The quantitative estimate of drug-likeness (QED) is 0.525. The third-order valence-corrected chi connectivity index (χ3v) is 7.68. The largest absolute Gasteiger partial charge is 0.497 e. The number of alkyl halides is 1. The van der Waals surface area contributed by atoms with Crippen molar-refractivity contribution < 1.29 is 13.9 Å². The average Bonchev–Trinajstić information content (AvgIpc) is 3.36. The van der Waals surface area contributed by atoms with Gasteiger partial charge in [0.2, 0.25) is 0 Å². The Morgan fingerprint density at radius 1 is 1.05 bits per heavy atom. The molecule has 1 atom stereocenters. The Hall–Kier alpha value is -3.17. The van der Waals surface area contributed by atoms with Crippen molar-refractivity contribution in [3.63, 3.8) is 0 Å². The normalized spacial score (nSPS) is 20.3. The number of nitrogens with one attached hydrogen (secondary N) is 1. The number of nitrogens with zero attached hydrogens (tertiary/aromatic N) is 5. The molecule has 37 heavy (non-hydrogen) atoms. The van der Waals surface area contributed by atoms with Crippen LogP contribution in [0.3, 0.4) is 0 Å². The van der Waals surface area contributed by atoms with Gasteiger partial charge in [-0.05, 0) is 24.3 Å². The summed E-state index contributed by atoms with van der Waals surface area (Å²) in [5, 5.41) is 5.80. The Labute approximate surface area is 217 Å². The Morgan fingerprint density at radius 2 is 1.92 bits per heavy atom. The molecule has 9 heteroatoms. The Balaban J connectivity index is 1.29. The second kappa shape index (κ2) is 10.7. The first-order valence-electron chi connectivity index (χ1n) is 13.3. The first-order valence-corrected chi connectivity index (χ1v) is 13.3. The summed E-state index contributed by atoms with van der Waals surface area (Å²) in [7, 11) is 1.71. The molecule has 3 aromatic rings. The molecule has 1 N–H and O–H groups in total. The summed E-state index contributed by atoms with van der Waals surface area (Å²) in [5.74, 6) is 1.85. The molecular weight excluding hydrogens is 471 g/mol. The van der Waals surface area contributed by atoms with Crippen molar-refractivity contribution in [1.82, 2.24) is 20.2 Å². The molecule has 2 saturated heterocycles. The van der Waals surface area contributed by atoms with Gasteiger partial charge in [0.25, 0.3) is 0 Å². The fraction of sp³-hybridized carbons (Fsp3) is 0.500. The van der Waals surface area contributed by atoms with Crippen molar-refractivity contribution in [2.24, 2.45) is 0 Å². The van der Waals surface area contributed by atoms with Crippen molar-refractivity contribution in [3.05, 3.63) is 47.7 Å². The van der Waals surface area contributed by atoms with E-state index in [1.165, 1.54) is 10.9 Å². The molecule has 6 rings (SSSR count). The van der Waals surface area contributed by atoms with Crippen LogP contribution in [-0.2, 0) is 13.0 Å². The second-order valence-electron chi connectivity index (χ2n) is 10.1. The SMILES string of the molecule is COc1cc(N2CCc3c(nc(OCCN4CC[C@H](F)C4)nc3N3CCNCC3)C2)c2ccccc2c1. The highest BCUT2D eigenvalue weighted by atomic mass is 19.1. The number of ether oxygens (including phenoxy) is 2. The second-order valence-corrected chi connectivity index (χ2v) is 10.1. The minimum atomic E-state index is -0.724. The maximum absolute atomic E-state index is 13.6. The van der Waals surface area contributed by atoms with Crippen molar-refractivity contribution in [3.8, 4) is 11.8 Å². The highest BCUT2D eigenvalue weighted by Gasteiger charge is 2.28. The smallest absolute Gasteiger partial charge is 0.318 e. The molecule has 0 bridgehead atoms. The van der Waals surface area contributed by atoms with E-state index in [-0.39, 0.29) is 0 Å². The lowest BCUT2D eigenvalue weighted by molar-refractivity contribution is 0.214. The lowest BCUT2D eigenvalue weighted by atomic mass is 10.0. The topological polar surface area (TPSA) is 66.0 Å². The van der Waals surface area contributed by atoms with Crippen LogP contribution in [0.1, 0.15) is 17.7 Å². The molecule has 0 spiro atoms. The Kier molecular flexibility index (Phi) is 6.97. The first-order chi connectivity index (χ1) is 18.2. The van der Waals surface area contributed by atoms with Gasteiger partial charge in [0.15, 0.2) is 0 Å². The van der Waals surface area contributed by atoms with Gasteiger partial charge in [-0.2, -0.15) is 9.97 Å². The molecule has 196 valence electrons. The standard InChI is InChI=1S/C28H35FN6O2/c1-36-22-16-20-4-2-3-5-23(20)26(17-22)35-11-7-24-25(19-35)31-28(32-27(24)34-12-8-30-9-13-34)37-15-14-33-10-6-21(29)18-33/h2-5,16-17,21,30H,6-15,18-19H2,1H3/t21-/m0/s1. The molecule has 3 aliphatic rings. The van der Waals surface area contributed by atoms with Gasteiger partial charge in [-0.15, -0.1) is 0 Å². The number of likely N-dealkylation sites (tertiary alicyclic amines) is 1. The van der Waals surface area contributed by atoms with Gasteiger partial charge in [-0.3, -0.25) is 4.90 Å². The molecule has 8 nitrogen and oxygen atoms in total. The van der Waals surface area contributed by atoms with Gasteiger partial charge in [0.05, 0.1) is 19.3 Å². The fourth-order valence-electron chi connectivity index (χ4n) is 5.69. The average molecular weight is 507 g/mol. The van der Waals surface area contributed by atoms with Crippen molar-refractivity contribution >= 4 is 22.3 Å². The lowest BCUT2D eigenvalue weighted by Crippen LogP contribution is -2.45. The Bertz CT molecular complexity index is 1250. The monoisotopic (exact) mass is 506 g/mol. The number of methoxy groups -OCH3 is 1. The summed E-state index contributed by atoms with van der Waals surface area (Å²) in [6.45, 7) is 7.69. The predicted octanol–water partition coefficient (Wildman–Crippen LogP) is 3.03. The molecule has 0 radical (unpaired) electrons. The summed E-state index contributed by atoms with van der Waals surface area (Å²) in [5.41, 5.74) is 3.39. The van der Waals surface area contributed by atoms with Crippen LogP contribution >= 0.6 is 0 Å². The molecular formula is C28H35FN6O2. The van der Waals surface area contributed by atoms with E-state index in [2.05, 4.69) is 56.4 Å². The highest BCUT2D eigenvalue weighted by Crippen LogP contribution is 2.36. The van der Waals surface area contributed by atoms with E-state index in [0.717, 1.165) is 74.0 Å². The van der Waals surface area contributed by atoms with Gasteiger partial charge in [-0.1, -0.05) is 24.3 Å². The third-order valence-electron chi connectivity index (χ3n) is 7.68.